The highest BCUT2D eigenvalue weighted by Gasteiger charge is 2.52. The van der Waals surface area contributed by atoms with Crippen molar-refractivity contribution in [1.29, 1.82) is 5.26 Å². The van der Waals surface area contributed by atoms with Gasteiger partial charge in [0, 0.05) is 24.2 Å². The molecule has 11 heteroatoms. The van der Waals surface area contributed by atoms with Gasteiger partial charge in [-0.05, 0) is 44.4 Å². The lowest BCUT2D eigenvalue weighted by Crippen LogP contribution is -2.47. The molecule has 1 saturated heterocycles. The molecule has 2 fully saturated rings. The predicted molar refractivity (Wildman–Crippen MR) is 149 cm³/mol. The number of para-hydroxylation sites is 1. The number of esters is 2. The SMILES string of the molecule is CCOC(=O)[C@@](CC)(OC(=O)[C@H]1CCCC[C@H]1C(=O)Nc1ccccc1)c1cc2n(c(=O)c1C#N)CCC21OCCO1. The van der Waals surface area contributed by atoms with Gasteiger partial charge in [-0.1, -0.05) is 38.0 Å². The molecule has 3 heterocycles. The molecule has 1 N–H and O–H groups in total. The second-order valence-electron chi connectivity index (χ2n) is 10.8. The molecular formula is C31H35N3O8. The van der Waals surface area contributed by atoms with Gasteiger partial charge in [-0.2, -0.15) is 5.26 Å². The molecule has 2 aliphatic heterocycles. The Kier molecular flexibility index (Phi) is 8.48. The standard InChI is InChI=1S/C31H35N3O8/c1-3-30(29(38)39-4-2,24-18-25-31(40-16-17-41-31)14-15-34(25)27(36)23(24)19-32)42-28(37)22-13-9-8-12-21(22)26(35)33-20-10-6-5-7-11-20/h5-7,10-11,18,21-22H,3-4,8-9,12-17H2,1-2H3,(H,33,35)/t21-,22+,30+/m1/s1. The highest BCUT2D eigenvalue weighted by atomic mass is 16.7. The first-order valence-electron chi connectivity index (χ1n) is 14.5. The van der Waals surface area contributed by atoms with Crippen molar-refractivity contribution in [2.45, 2.75) is 70.3 Å². The molecule has 1 spiro atoms. The van der Waals surface area contributed by atoms with Crippen LogP contribution in [0.15, 0.2) is 41.2 Å². The quantitative estimate of drug-likeness (QED) is 0.466. The molecule has 3 aliphatic rings. The van der Waals surface area contributed by atoms with E-state index >= 15 is 0 Å². The van der Waals surface area contributed by atoms with Crippen molar-refractivity contribution in [2.24, 2.45) is 11.8 Å². The van der Waals surface area contributed by atoms with Crippen molar-refractivity contribution < 1.29 is 33.3 Å². The number of rotatable bonds is 8. The number of carbonyl (C=O) groups excluding carboxylic acids is 3. The van der Waals surface area contributed by atoms with Crippen LogP contribution >= 0.6 is 0 Å². The van der Waals surface area contributed by atoms with Crippen molar-refractivity contribution in [3.63, 3.8) is 0 Å². The summed E-state index contributed by atoms with van der Waals surface area (Å²) in [6, 6.07) is 12.4. The van der Waals surface area contributed by atoms with Gasteiger partial charge in [-0.3, -0.25) is 14.4 Å². The van der Waals surface area contributed by atoms with E-state index in [1.807, 2.05) is 12.1 Å². The second-order valence-corrected chi connectivity index (χ2v) is 10.8. The van der Waals surface area contributed by atoms with E-state index in [2.05, 4.69) is 5.32 Å². The molecule has 0 radical (unpaired) electrons. The fraction of sp³-hybridized carbons (Fsp3) is 0.516. The summed E-state index contributed by atoms with van der Waals surface area (Å²) in [6.45, 7) is 4.12. The van der Waals surface area contributed by atoms with Gasteiger partial charge in [0.15, 0.2) is 0 Å². The number of anilines is 1. The third kappa shape index (κ3) is 5.10. The van der Waals surface area contributed by atoms with E-state index in [-0.39, 0.29) is 36.6 Å². The first-order valence-corrected chi connectivity index (χ1v) is 14.5. The molecule has 222 valence electrons. The third-order valence-corrected chi connectivity index (χ3v) is 8.48. The Morgan fingerprint density at radius 3 is 2.45 bits per heavy atom. The summed E-state index contributed by atoms with van der Waals surface area (Å²) in [5, 5.41) is 13.0. The minimum atomic E-state index is -2.10. The van der Waals surface area contributed by atoms with Crippen LogP contribution in [0.4, 0.5) is 5.69 Å². The summed E-state index contributed by atoms with van der Waals surface area (Å²) in [7, 11) is 0. The van der Waals surface area contributed by atoms with E-state index < -0.39 is 40.7 Å². The average molecular weight is 578 g/mol. The Morgan fingerprint density at radius 2 is 1.81 bits per heavy atom. The number of benzene rings is 1. The molecule has 42 heavy (non-hydrogen) atoms. The fourth-order valence-corrected chi connectivity index (χ4v) is 6.34. The number of nitriles is 1. The number of hydrogen-bond acceptors (Lipinski definition) is 9. The summed E-state index contributed by atoms with van der Waals surface area (Å²) >= 11 is 0. The highest BCUT2D eigenvalue weighted by molar-refractivity contribution is 5.96. The molecule has 0 bridgehead atoms. The highest BCUT2D eigenvalue weighted by Crippen LogP contribution is 2.43. The molecule has 1 amide bonds. The smallest absolute Gasteiger partial charge is 0.355 e. The minimum absolute atomic E-state index is 0.0222. The number of hydrogen-bond donors (Lipinski definition) is 1. The van der Waals surface area contributed by atoms with Crippen molar-refractivity contribution in [3.05, 3.63) is 63.6 Å². The Hall–Kier alpha value is -4.01. The topological polar surface area (TPSA) is 146 Å². The van der Waals surface area contributed by atoms with Gasteiger partial charge in [0.1, 0.15) is 11.6 Å². The summed E-state index contributed by atoms with van der Waals surface area (Å²) in [6.07, 6.45) is 2.56. The Labute approximate surface area is 243 Å². The lowest BCUT2D eigenvalue weighted by molar-refractivity contribution is -0.190. The zero-order valence-corrected chi connectivity index (χ0v) is 23.9. The summed E-state index contributed by atoms with van der Waals surface area (Å²) in [5.74, 6) is -4.69. The van der Waals surface area contributed by atoms with Gasteiger partial charge < -0.3 is 28.8 Å². The van der Waals surface area contributed by atoms with Crippen LogP contribution in [0.5, 0.6) is 0 Å². The fourth-order valence-electron chi connectivity index (χ4n) is 6.34. The Bertz CT molecular complexity index is 1460. The lowest BCUT2D eigenvalue weighted by atomic mass is 9.78. The molecule has 1 saturated carbocycles. The van der Waals surface area contributed by atoms with Gasteiger partial charge in [-0.25, -0.2) is 4.79 Å². The largest absolute Gasteiger partial charge is 0.463 e. The monoisotopic (exact) mass is 577 g/mol. The van der Waals surface area contributed by atoms with E-state index in [4.69, 9.17) is 18.9 Å². The predicted octanol–water partition coefficient (Wildman–Crippen LogP) is 3.48. The van der Waals surface area contributed by atoms with Crippen LogP contribution in [0, 0.1) is 23.2 Å². The number of amides is 1. The molecule has 0 unspecified atom stereocenters. The van der Waals surface area contributed by atoms with Gasteiger partial charge in [0.05, 0.1) is 37.4 Å². The van der Waals surface area contributed by atoms with Crippen LogP contribution in [0.25, 0.3) is 0 Å². The van der Waals surface area contributed by atoms with E-state index in [1.165, 1.54) is 10.6 Å². The molecule has 2 aromatic rings. The number of carbonyl (C=O) groups is 3. The third-order valence-electron chi connectivity index (χ3n) is 8.48. The Balaban J connectivity index is 1.55. The zero-order valence-electron chi connectivity index (χ0n) is 23.9. The van der Waals surface area contributed by atoms with E-state index in [0.29, 0.717) is 50.3 Å². The van der Waals surface area contributed by atoms with Gasteiger partial charge in [0.2, 0.25) is 17.3 Å². The van der Waals surface area contributed by atoms with E-state index in [1.54, 1.807) is 38.1 Å². The molecular weight excluding hydrogens is 542 g/mol. The summed E-state index contributed by atoms with van der Waals surface area (Å²) in [4.78, 5) is 54.6. The van der Waals surface area contributed by atoms with Gasteiger partial charge >= 0.3 is 11.9 Å². The molecule has 3 atom stereocenters. The molecule has 1 aromatic carbocycles. The van der Waals surface area contributed by atoms with Crippen LogP contribution < -0.4 is 10.9 Å². The number of ether oxygens (including phenoxy) is 4. The molecule has 1 aliphatic carbocycles. The van der Waals surface area contributed by atoms with Crippen molar-refractivity contribution in [3.8, 4) is 6.07 Å². The second kappa shape index (κ2) is 12.1. The number of fused-ring (bicyclic) bond motifs is 2. The maximum atomic E-state index is 14.0. The molecule has 11 nitrogen and oxygen atoms in total. The van der Waals surface area contributed by atoms with Crippen LogP contribution in [0.2, 0.25) is 0 Å². The first kappa shape index (κ1) is 29.5. The van der Waals surface area contributed by atoms with Gasteiger partial charge in [-0.15, -0.1) is 0 Å². The van der Waals surface area contributed by atoms with Crippen LogP contribution in [0.1, 0.15) is 69.2 Å². The zero-order chi connectivity index (χ0) is 29.9. The van der Waals surface area contributed by atoms with E-state index in [0.717, 1.165) is 6.42 Å². The lowest BCUT2D eigenvalue weighted by Gasteiger charge is -2.36. The van der Waals surface area contributed by atoms with Crippen LogP contribution in [-0.2, 0) is 51.3 Å². The minimum Gasteiger partial charge on any atom is -0.463 e. The Morgan fingerprint density at radius 1 is 1.12 bits per heavy atom. The van der Waals surface area contributed by atoms with Crippen molar-refractivity contribution in [2.75, 3.05) is 25.1 Å². The van der Waals surface area contributed by atoms with Crippen molar-refractivity contribution in [1.82, 2.24) is 4.57 Å². The maximum absolute atomic E-state index is 14.0. The van der Waals surface area contributed by atoms with Gasteiger partial charge in [0.25, 0.3) is 5.56 Å². The van der Waals surface area contributed by atoms with Crippen LogP contribution in [-0.4, -0.2) is 42.2 Å². The van der Waals surface area contributed by atoms with Crippen molar-refractivity contribution >= 4 is 23.5 Å². The van der Waals surface area contributed by atoms with E-state index in [9.17, 15) is 24.4 Å². The molecule has 1 aromatic heterocycles. The summed E-state index contributed by atoms with van der Waals surface area (Å²) < 4.78 is 24.7. The molecule has 5 rings (SSSR count). The number of nitrogens with one attached hydrogen (secondary N) is 1. The normalized spacial score (nSPS) is 22.0. The maximum Gasteiger partial charge on any atom is 0.355 e. The summed E-state index contributed by atoms with van der Waals surface area (Å²) in [5.41, 5.74) is -2.16. The number of pyridine rings is 1. The number of aromatic nitrogens is 1. The average Bonchev–Trinajstić information content (AvgIpc) is 3.64. The van der Waals surface area contributed by atoms with Crippen LogP contribution in [0.3, 0.4) is 0 Å². The first-order chi connectivity index (χ1) is 20.3. The number of nitrogens with zero attached hydrogens (tertiary/aromatic N) is 2.